The average Bonchev–Trinajstić information content (AvgIpc) is 2.18. The molecule has 2 fully saturated rings. The van der Waals surface area contributed by atoms with Crippen molar-refractivity contribution in [3.63, 3.8) is 0 Å². The van der Waals surface area contributed by atoms with Gasteiger partial charge in [-0.2, -0.15) is 0 Å². The van der Waals surface area contributed by atoms with Gasteiger partial charge >= 0.3 is 0 Å². The van der Waals surface area contributed by atoms with E-state index < -0.39 is 0 Å². The summed E-state index contributed by atoms with van der Waals surface area (Å²) in [4.78, 5) is 13.5. The SMILES string of the molecule is O=C1[C@H](C/C=C/Br)[C@H]2CCCC[C@@H]12. The second kappa shape index (κ2) is 3.95. The Morgan fingerprint density at radius 3 is 2.92 bits per heavy atom. The molecule has 2 aliphatic carbocycles. The zero-order valence-corrected chi connectivity index (χ0v) is 9.29. The number of carbonyl (C=O) groups is 1. The first-order valence-electron chi connectivity index (χ1n) is 5.13. The molecule has 0 bridgehead atoms. The van der Waals surface area contributed by atoms with Crippen LogP contribution in [0.1, 0.15) is 32.1 Å². The van der Waals surface area contributed by atoms with Crippen molar-refractivity contribution < 1.29 is 4.79 Å². The number of ketones is 1. The van der Waals surface area contributed by atoms with E-state index in [-0.39, 0.29) is 0 Å². The Kier molecular flexibility index (Phi) is 2.87. The molecule has 0 aromatic carbocycles. The number of rotatable bonds is 2. The van der Waals surface area contributed by atoms with E-state index in [1.165, 1.54) is 19.3 Å². The van der Waals surface area contributed by atoms with Crippen LogP contribution in [0.4, 0.5) is 0 Å². The second-order valence-electron chi connectivity index (χ2n) is 4.16. The third-order valence-corrected chi connectivity index (χ3v) is 3.92. The van der Waals surface area contributed by atoms with E-state index in [0.29, 0.717) is 17.6 Å². The topological polar surface area (TPSA) is 17.1 Å². The molecule has 2 saturated carbocycles. The highest BCUT2D eigenvalue weighted by molar-refractivity contribution is 9.11. The maximum atomic E-state index is 11.7. The fourth-order valence-corrected chi connectivity index (χ4v) is 3.07. The maximum absolute atomic E-state index is 11.7. The standard InChI is InChI=1S/C11H15BrO/c12-7-3-6-10-8-4-1-2-5-9(8)11(10)13/h3,7-10H,1-2,4-6H2/b7-3+/t8-,9+,10+/m0/s1. The molecule has 2 aliphatic rings. The number of carbonyl (C=O) groups excluding carboxylic acids is 1. The zero-order chi connectivity index (χ0) is 9.26. The van der Waals surface area contributed by atoms with Crippen LogP contribution in [0, 0.1) is 17.8 Å². The van der Waals surface area contributed by atoms with Crippen molar-refractivity contribution in [1.29, 1.82) is 0 Å². The van der Waals surface area contributed by atoms with Gasteiger partial charge in [0, 0.05) is 11.8 Å². The van der Waals surface area contributed by atoms with Crippen LogP contribution in [0.2, 0.25) is 0 Å². The molecule has 0 aromatic rings. The van der Waals surface area contributed by atoms with Crippen LogP contribution in [0.5, 0.6) is 0 Å². The van der Waals surface area contributed by atoms with Gasteiger partial charge in [0.1, 0.15) is 5.78 Å². The van der Waals surface area contributed by atoms with Crippen LogP contribution in [-0.2, 0) is 4.79 Å². The summed E-state index contributed by atoms with van der Waals surface area (Å²) in [7, 11) is 0. The van der Waals surface area contributed by atoms with Gasteiger partial charge in [-0.15, -0.1) is 0 Å². The molecule has 0 heterocycles. The highest BCUT2D eigenvalue weighted by Crippen LogP contribution is 2.47. The molecular formula is C11H15BrO. The van der Waals surface area contributed by atoms with Gasteiger partial charge in [-0.05, 0) is 30.2 Å². The average molecular weight is 243 g/mol. The van der Waals surface area contributed by atoms with Crippen molar-refractivity contribution in [2.45, 2.75) is 32.1 Å². The highest BCUT2D eigenvalue weighted by atomic mass is 79.9. The predicted octanol–water partition coefficient (Wildman–Crippen LogP) is 3.29. The molecule has 0 radical (unpaired) electrons. The number of allylic oxidation sites excluding steroid dienone is 1. The van der Waals surface area contributed by atoms with Crippen LogP contribution >= 0.6 is 15.9 Å². The van der Waals surface area contributed by atoms with Crippen molar-refractivity contribution in [3.8, 4) is 0 Å². The number of hydrogen-bond donors (Lipinski definition) is 0. The molecule has 0 aromatic heterocycles. The van der Waals surface area contributed by atoms with Crippen LogP contribution in [0.15, 0.2) is 11.1 Å². The lowest BCUT2D eigenvalue weighted by molar-refractivity contribution is -0.145. The van der Waals surface area contributed by atoms with E-state index >= 15 is 0 Å². The van der Waals surface area contributed by atoms with E-state index in [1.807, 2.05) is 4.99 Å². The number of halogens is 1. The highest BCUT2D eigenvalue weighted by Gasteiger charge is 2.48. The minimum Gasteiger partial charge on any atom is -0.299 e. The third kappa shape index (κ3) is 1.61. The monoisotopic (exact) mass is 242 g/mol. The second-order valence-corrected chi connectivity index (χ2v) is 4.69. The van der Waals surface area contributed by atoms with E-state index in [0.717, 1.165) is 18.8 Å². The number of Topliss-reactive ketones (excluding diaryl/α,β-unsaturated/α-hetero) is 1. The van der Waals surface area contributed by atoms with Gasteiger partial charge in [0.2, 0.25) is 0 Å². The fraction of sp³-hybridized carbons (Fsp3) is 0.727. The Morgan fingerprint density at radius 1 is 1.38 bits per heavy atom. The Bertz CT molecular complexity index is 234. The van der Waals surface area contributed by atoms with Crippen molar-refractivity contribution in [2.24, 2.45) is 17.8 Å². The van der Waals surface area contributed by atoms with E-state index in [9.17, 15) is 4.79 Å². The largest absolute Gasteiger partial charge is 0.299 e. The quantitative estimate of drug-likeness (QED) is 0.727. The minimum atomic E-state index is 0.360. The molecule has 0 unspecified atom stereocenters. The summed E-state index contributed by atoms with van der Waals surface area (Å²) >= 11 is 3.25. The lowest BCUT2D eigenvalue weighted by Crippen LogP contribution is -2.48. The van der Waals surface area contributed by atoms with Crippen LogP contribution in [-0.4, -0.2) is 5.78 Å². The molecule has 0 amide bonds. The van der Waals surface area contributed by atoms with Gasteiger partial charge in [-0.3, -0.25) is 4.79 Å². The van der Waals surface area contributed by atoms with Crippen LogP contribution < -0.4 is 0 Å². The number of fused-ring (bicyclic) bond motifs is 1. The van der Waals surface area contributed by atoms with Crippen molar-refractivity contribution in [2.75, 3.05) is 0 Å². The minimum absolute atomic E-state index is 0.360. The van der Waals surface area contributed by atoms with Crippen molar-refractivity contribution in [1.82, 2.24) is 0 Å². The lowest BCUT2D eigenvalue weighted by Gasteiger charge is -2.45. The predicted molar refractivity (Wildman–Crippen MR) is 56.6 cm³/mol. The Balaban J connectivity index is 1.94. The molecular weight excluding hydrogens is 228 g/mol. The lowest BCUT2D eigenvalue weighted by atomic mass is 9.57. The van der Waals surface area contributed by atoms with Gasteiger partial charge < -0.3 is 0 Å². The molecule has 0 N–H and O–H groups in total. The summed E-state index contributed by atoms with van der Waals surface area (Å²) < 4.78 is 0. The Morgan fingerprint density at radius 2 is 2.15 bits per heavy atom. The van der Waals surface area contributed by atoms with Crippen LogP contribution in [0.25, 0.3) is 0 Å². The van der Waals surface area contributed by atoms with Crippen molar-refractivity contribution in [3.05, 3.63) is 11.1 Å². The Labute approximate surface area is 87.7 Å². The molecule has 13 heavy (non-hydrogen) atoms. The third-order valence-electron chi connectivity index (χ3n) is 3.55. The first kappa shape index (κ1) is 9.45. The summed E-state index contributed by atoms with van der Waals surface area (Å²) in [5, 5.41) is 0. The summed E-state index contributed by atoms with van der Waals surface area (Å²) in [6.07, 6.45) is 8.07. The fourth-order valence-electron chi connectivity index (χ4n) is 2.85. The molecule has 0 aliphatic heterocycles. The van der Waals surface area contributed by atoms with Gasteiger partial charge in [-0.1, -0.05) is 34.8 Å². The first-order valence-corrected chi connectivity index (χ1v) is 6.05. The van der Waals surface area contributed by atoms with E-state index in [4.69, 9.17) is 0 Å². The van der Waals surface area contributed by atoms with Gasteiger partial charge in [-0.25, -0.2) is 0 Å². The Hall–Kier alpha value is -0.110. The van der Waals surface area contributed by atoms with Gasteiger partial charge in [0.05, 0.1) is 0 Å². The van der Waals surface area contributed by atoms with Crippen molar-refractivity contribution >= 4 is 21.7 Å². The molecule has 2 heteroatoms. The molecule has 72 valence electrons. The number of hydrogen-bond acceptors (Lipinski definition) is 1. The van der Waals surface area contributed by atoms with Gasteiger partial charge in [0.15, 0.2) is 0 Å². The summed E-state index contributed by atoms with van der Waals surface area (Å²) in [5.41, 5.74) is 0. The molecule has 0 saturated heterocycles. The van der Waals surface area contributed by atoms with Crippen LogP contribution in [0.3, 0.4) is 0 Å². The molecule has 2 rings (SSSR count). The zero-order valence-electron chi connectivity index (χ0n) is 7.71. The van der Waals surface area contributed by atoms with E-state index in [1.54, 1.807) is 0 Å². The van der Waals surface area contributed by atoms with E-state index in [2.05, 4.69) is 22.0 Å². The first-order chi connectivity index (χ1) is 6.34. The summed E-state index contributed by atoms with van der Waals surface area (Å²) in [6.45, 7) is 0. The molecule has 0 spiro atoms. The van der Waals surface area contributed by atoms with Gasteiger partial charge in [0.25, 0.3) is 0 Å². The maximum Gasteiger partial charge on any atom is 0.139 e. The molecule has 3 atom stereocenters. The smallest absolute Gasteiger partial charge is 0.139 e. The summed E-state index contributed by atoms with van der Waals surface area (Å²) in [5.74, 6) is 2.07. The summed E-state index contributed by atoms with van der Waals surface area (Å²) in [6, 6.07) is 0. The normalized spacial score (nSPS) is 38.8. The molecule has 1 nitrogen and oxygen atoms in total.